The van der Waals surface area contributed by atoms with Crippen LogP contribution in [0.5, 0.6) is 5.75 Å². The molecule has 0 aliphatic heterocycles. The molecule has 0 heterocycles. The number of halogens is 3. The summed E-state index contributed by atoms with van der Waals surface area (Å²) in [5.41, 5.74) is 0.812. The molecule has 7 heteroatoms. The summed E-state index contributed by atoms with van der Waals surface area (Å²) in [6.45, 7) is 3.07. The minimum atomic E-state index is -2.81. The number of rotatable bonds is 6. The van der Waals surface area contributed by atoms with Gasteiger partial charge in [0, 0.05) is 13.1 Å². The number of guanidine groups is 1. The highest BCUT2D eigenvalue weighted by Gasteiger charge is 2.04. The smallest absolute Gasteiger partial charge is 0.387 e. The molecule has 0 aliphatic carbocycles. The van der Waals surface area contributed by atoms with Crippen LogP contribution in [0.1, 0.15) is 19.4 Å². The van der Waals surface area contributed by atoms with E-state index in [1.54, 1.807) is 12.1 Å². The van der Waals surface area contributed by atoms with E-state index in [1.807, 2.05) is 19.9 Å². The lowest BCUT2D eigenvalue weighted by molar-refractivity contribution is -0.0498. The summed E-state index contributed by atoms with van der Waals surface area (Å²) >= 11 is 0. The lowest BCUT2D eigenvalue weighted by Crippen LogP contribution is -2.36. The molecular weight excluding hydrogens is 379 g/mol. The van der Waals surface area contributed by atoms with Crippen LogP contribution in [0.2, 0.25) is 0 Å². The Hall–Kier alpha value is -1.12. The predicted molar refractivity (Wildman–Crippen MR) is 87.0 cm³/mol. The van der Waals surface area contributed by atoms with Gasteiger partial charge in [0.25, 0.3) is 0 Å². The average molecular weight is 399 g/mol. The van der Waals surface area contributed by atoms with Crippen LogP contribution in [0.3, 0.4) is 0 Å². The Morgan fingerprint density at radius 1 is 1.25 bits per heavy atom. The molecule has 114 valence electrons. The molecule has 20 heavy (non-hydrogen) atoms. The van der Waals surface area contributed by atoms with Crippen molar-refractivity contribution in [1.29, 1.82) is 0 Å². The topological polar surface area (TPSA) is 45.7 Å². The van der Waals surface area contributed by atoms with Gasteiger partial charge in [-0.1, -0.05) is 12.1 Å². The third kappa shape index (κ3) is 7.46. The third-order valence-electron chi connectivity index (χ3n) is 2.23. The Kier molecular flexibility index (Phi) is 10.0. The van der Waals surface area contributed by atoms with Crippen molar-refractivity contribution in [3.63, 3.8) is 0 Å². The number of ether oxygens (including phenoxy) is 1. The van der Waals surface area contributed by atoms with Gasteiger partial charge >= 0.3 is 6.61 Å². The van der Waals surface area contributed by atoms with Crippen molar-refractivity contribution in [2.75, 3.05) is 13.1 Å². The van der Waals surface area contributed by atoms with Crippen LogP contribution < -0.4 is 15.4 Å². The van der Waals surface area contributed by atoms with Crippen LogP contribution in [-0.4, -0.2) is 25.7 Å². The second kappa shape index (κ2) is 10.6. The second-order valence-corrected chi connectivity index (χ2v) is 3.75. The molecule has 0 amide bonds. The number of hydrogen-bond acceptors (Lipinski definition) is 2. The number of aliphatic imine (C=N–C) groups is 1. The first-order chi connectivity index (χ1) is 9.15. The molecule has 4 nitrogen and oxygen atoms in total. The molecule has 1 aromatic rings. The summed E-state index contributed by atoms with van der Waals surface area (Å²) in [7, 11) is 0. The van der Waals surface area contributed by atoms with Crippen LogP contribution in [-0.2, 0) is 6.54 Å². The normalized spacial score (nSPS) is 9.65. The van der Waals surface area contributed by atoms with Gasteiger partial charge in [-0.15, -0.1) is 24.0 Å². The maximum atomic E-state index is 12.1. The van der Waals surface area contributed by atoms with Crippen LogP contribution >= 0.6 is 24.0 Å². The van der Waals surface area contributed by atoms with Gasteiger partial charge in [0.2, 0.25) is 0 Å². The monoisotopic (exact) mass is 399 g/mol. The van der Waals surface area contributed by atoms with E-state index in [0.717, 1.165) is 18.7 Å². The Labute approximate surface area is 135 Å². The van der Waals surface area contributed by atoms with E-state index in [9.17, 15) is 8.78 Å². The highest BCUT2D eigenvalue weighted by molar-refractivity contribution is 14.0. The summed E-state index contributed by atoms with van der Waals surface area (Å²) in [4.78, 5) is 4.35. The second-order valence-electron chi connectivity index (χ2n) is 3.75. The van der Waals surface area contributed by atoms with Crippen molar-refractivity contribution < 1.29 is 13.5 Å². The number of nitrogens with zero attached hydrogens (tertiary/aromatic N) is 1. The van der Waals surface area contributed by atoms with Crippen LogP contribution in [0.15, 0.2) is 29.3 Å². The zero-order valence-electron chi connectivity index (χ0n) is 11.5. The fraction of sp³-hybridized carbons (Fsp3) is 0.462. The first-order valence-corrected chi connectivity index (χ1v) is 6.21. The van der Waals surface area contributed by atoms with E-state index in [4.69, 9.17) is 0 Å². The largest absolute Gasteiger partial charge is 0.435 e. The first kappa shape index (κ1) is 18.9. The van der Waals surface area contributed by atoms with Gasteiger partial charge in [0.05, 0.1) is 6.54 Å². The Morgan fingerprint density at radius 3 is 2.45 bits per heavy atom. The molecule has 0 fully saturated rings. The number of alkyl halides is 2. The average Bonchev–Trinajstić information content (AvgIpc) is 2.36. The maximum Gasteiger partial charge on any atom is 0.387 e. The van der Waals surface area contributed by atoms with Crippen molar-refractivity contribution in [2.24, 2.45) is 4.99 Å². The van der Waals surface area contributed by atoms with Gasteiger partial charge in [-0.05, 0) is 31.5 Å². The Bertz CT molecular complexity index is 408. The molecule has 0 spiro atoms. The number of hydrogen-bond donors (Lipinski definition) is 2. The molecule has 1 rings (SSSR count). The summed E-state index contributed by atoms with van der Waals surface area (Å²) in [6.07, 6.45) is 0. The molecule has 0 aliphatic rings. The van der Waals surface area contributed by atoms with Gasteiger partial charge < -0.3 is 15.4 Å². The molecule has 0 unspecified atom stereocenters. The van der Waals surface area contributed by atoms with Crippen LogP contribution in [0.4, 0.5) is 8.78 Å². The number of nitrogens with one attached hydrogen (secondary N) is 2. The summed E-state index contributed by atoms with van der Waals surface area (Å²) in [6, 6.07) is 6.54. The van der Waals surface area contributed by atoms with Crippen molar-refractivity contribution in [3.8, 4) is 5.75 Å². The quantitative estimate of drug-likeness (QED) is 0.439. The Morgan fingerprint density at radius 2 is 1.90 bits per heavy atom. The van der Waals surface area contributed by atoms with Crippen LogP contribution in [0.25, 0.3) is 0 Å². The van der Waals surface area contributed by atoms with Gasteiger partial charge in [-0.3, -0.25) is 0 Å². The van der Waals surface area contributed by atoms with Crippen LogP contribution in [0, 0.1) is 0 Å². The molecule has 0 atom stereocenters. The van der Waals surface area contributed by atoms with Gasteiger partial charge in [-0.2, -0.15) is 8.78 Å². The lowest BCUT2D eigenvalue weighted by Gasteiger charge is -2.09. The van der Waals surface area contributed by atoms with E-state index in [1.165, 1.54) is 6.07 Å². The van der Waals surface area contributed by atoms with Crippen molar-refractivity contribution in [3.05, 3.63) is 29.8 Å². The predicted octanol–water partition coefficient (Wildman–Crippen LogP) is 2.98. The fourth-order valence-electron chi connectivity index (χ4n) is 1.50. The number of benzene rings is 1. The van der Waals surface area contributed by atoms with Gasteiger partial charge in [0.1, 0.15) is 5.75 Å². The molecular formula is C13H20F2IN3O. The molecule has 0 bridgehead atoms. The molecule has 2 N–H and O–H groups in total. The molecule has 1 aromatic carbocycles. The van der Waals surface area contributed by atoms with Crippen molar-refractivity contribution >= 4 is 29.9 Å². The Balaban J connectivity index is 0.00000361. The lowest BCUT2D eigenvalue weighted by atomic mass is 10.2. The summed E-state index contributed by atoms with van der Waals surface area (Å²) in [5.74, 6) is 0.848. The van der Waals surface area contributed by atoms with Gasteiger partial charge in [0.15, 0.2) is 5.96 Å². The van der Waals surface area contributed by atoms with E-state index in [2.05, 4.69) is 20.4 Å². The van der Waals surface area contributed by atoms with Gasteiger partial charge in [-0.25, -0.2) is 4.99 Å². The first-order valence-electron chi connectivity index (χ1n) is 6.21. The molecule has 0 saturated heterocycles. The summed E-state index contributed by atoms with van der Waals surface area (Å²) < 4.78 is 28.5. The third-order valence-corrected chi connectivity index (χ3v) is 2.23. The molecule has 0 saturated carbocycles. The minimum Gasteiger partial charge on any atom is -0.435 e. The van der Waals surface area contributed by atoms with Crippen molar-refractivity contribution in [2.45, 2.75) is 27.0 Å². The standard InChI is InChI=1S/C13H19F2N3O.HI/c1-3-16-13(17-4-2)18-9-10-6-5-7-11(8-10)19-12(14)15;/h5-8,12H,3-4,9H2,1-2H3,(H2,16,17,18);1H. The summed E-state index contributed by atoms with van der Waals surface area (Å²) in [5, 5.41) is 6.18. The van der Waals surface area contributed by atoms with E-state index >= 15 is 0 Å². The van der Waals surface area contributed by atoms with E-state index < -0.39 is 6.61 Å². The fourth-order valence-corrected chi connectivity index (χ4v) is 1.50. The maximum absolute atomic E-state index is 12.1. The zero-order chi connectivity index (χ0) is 14.1. The minimum absolute atomic E-state index is 0. The molecule has 0 radical (unpaired) electrons. The SMILES string of the molecule is CCNC(=NCc1cccc(OC(F)F)c1)NCC.I. The highest BCUT2D eigenvalue weighted by Crippen LogP contribution is 2.16. The van der Waals surface area contributed by atoms with E-state index in [-0.39, 0.29) is 29.7 Å². The van der Waals surface area contributed by atoms with Crippen molar-refractivity contribution in [1.82, 2.24) is 10.6 Å². The molecule has 0 aromatic heterocycles. The highest BCUT2D eigenvalue weighted by atomic mass is 127. The van der Waals surface area contributed by atoms with E-state index in [0.29, 0.717) is 12.5 Å². The zero-order valence-corrected chi connectivity index (χ0v) is 13.9.